The van der Waals surface area contributed by atoms with Crippen LogP contribution in [0.4, 0.5) is 5.69 Å². The zero-order valence-electron chi connectivity index (χ0n) is 12.1. The third-order valence-electron chi connectivity index (χ3n) is 2.95. The first-order chi connectivity index (χ1) is 10.9. The molecule has 7 heteroatoms. The molecule has 2 N–H and O–H groups in total. The second kappa shape index (κ2) is 7.02. The van der Waals surface area contributed by atoms with Gasteiger partial charge < -0.3 is 20.3 Å². The molecule has 6 nitrogen and oxygen atoms in total. The van der Waals surface area contributed by atoms with Gasteiger partial charge in [0.05, 0.1) is 17.7 Å². The molecule has 0 saturated heterocycles. The number of ether oxygens (including phenoxy) is 1. The van der Waals surface area contributed by atoms with Crippen molar-refractivity contribution in [3.63, 3.8) is 0 Å². The summed E-state index contributed by atoms with van der Waals surface area (Å²) in [5.41, 5.74) is -0.0178. The van der Waals surface area contributed by atoms with Gasteiger partial charge in [-0.3, -0.25) is 4.79 Å². The molecule has 0 fully saturated rings. The Kier molecular flexibility index (Phi) is 5.08. The van der Waals surface area contributed by atoms with Crippen LogP contribution in [0.5, 0.6) is 11.5 Å². The molecule has 0 bridgehead atoms. The monoisotopic (exact) mass is 334 g/mol. The zero-order valence-corrected chi connectivity index (χ0v) is 12.9. The van der Waals surface area contributed by atoms with Crippen molar-refractivity contribution in [1.29, 1.82) is 0 Å². The van der Waals surface area contributed by atoms with Gasteiger partial charge in [-0.2, -0.15) is 0 Å². The molecule has 23 heavy (non-hydrogen) atoms. The van der Waals surface area contributed by atoms with Crippen LogP contribution in [-0.2, 0) is 0 Å². The summed E-state index contributed by atoms with van der Waals surface area (Å²) in [6.45, 7) is 2.15. The van der Waals surface area contributed by atoms with Crippen LogP contribution in [0.25, 0.3) is 0 Å². The van der Waals surface area contributed by atoms with Gasteiger partial charge in [0.2, 0.25) is 0 Å². The maximum absolute atomic E-state index is 12.4. The van der Waals surface area contributed by atoms with Crippen LogP contribution in [0.15, 0.2) is 36.4 Å². The molecular weight excluding hydrogens is 322 g/mol. The summed E-state index contributed by atoms with van der Waals surface area (Å²) in [5.74, 6) is -2.16. The second-order valence-corrected chi connectivity index (χ2v) is 4.98. The fourth-order valence-corrected chi connectivity index (χ4v) is 2.11. The van der Waals surface area contributed by atoms with Gasteiger partial charge in [-0.05, 0) is 37.3 Å². The Hall–Kier alpha value is -2.73. The lowest BCUT2D eigenvalue weighted by molar-refractivity contribution is -0.268. The van der Waals surface area contributed by atoms with Crippen molar-refractivity contribution >= 4 is 29.2 Å². The van der Waals surface area contributed by atoms with E-state index < -0.39 is 23.2 Å². The third-order valence-corrected chi connectivity index (χ3v) is 3.19. The highest BCUT2D eigenvalue weighted by molar-refractivity contribution is 6.31. The van der Waals surface area contributed by atoms with E-state index in [1.165, 1.54) is 12.1 Å². The number of aromatic carboxylic acids is 1. The summed E-state index contributed by atoms with van der Waals surface area (Å²) in [6.07, 6.45) is 0. The predicted molar refractivity (Wildman–Crippen MR) is 83.4 cm³/mol. The summed E-state index contributed by atoms with van der Waals surface area (Å²) >= 11 is 5.90. The number of halogens is 1. The van der Waals surface area contributed by atoms with Gasteiger partial charge in [-0.15, -0.1) is 0 Å². The van der Waals surface area contributed by atoms with Crippen molar-refractivity contribution in [3.8, 4) is 11.5 Å². The molecule has 0 heterocycles. The summed E-state index contributed by atoms with van der Waals surface area (Å²) < 4.78 is 5.37. The number of carboxylic acid groups (broad SMARTS) is 1. The highest BCUT2D eigenvalue weighted by Crippen LogP contribution is 2.25. The number of amides is 1. The largest absolute Gasteiger partial charge is 0.872 e. The summed E-state index contributed by atoms with van der Waals surface area (Å²) in [5, 5.41) is 23.3. The molecule has 0 aliphatic heterocycles. The highest BCUT2D eigenvalue weighted by atomic mass is 35.5. The second-order valence-electron chi connectivity index (χ2n) is 4.54. The van der Waals surface area contributed by atoms with Crippen molar-refractivity contribution in [2.24, 2.45) is 0 Å². The molecule has 0 radical (unpaired) electrons. The number of nitrogens with one attached hydrogen (secondary N) is 1. The lowest BCUT2D eigenvalue weighted by atomic mass is 10.1. The number of carbonyl (C=O) groups excluding carboxylic acids is 1. The van der Waals surface area contributed by atoms with Crippen molar-refractivity contribution in [1.82, 2.24) is 0 Å². The molecule has 0 atom stereocenters. The van der Waals surface area contributed by atoms with Crippen LogP contribution in [0, 0.1) is 0 Å². The SMILES string of the molecule is CCOc1ccc(Cl)cc1C(=O)Nc1ccc([O-])c(C(=O)O)c1. The van der Waals surface area contributed by atoms with E-state index in [0.29, 0.717) is 17.4 Å². The van der Waals surface area contributed by atoms with Crippen LogP contribution < -0.4 is 15.2 Å². The van der Waals surface area contributed by atoms with E-state index in [2.05, 4.69) is 5.32 Å². The maximum Gasteiger partial charge on any atom is 0.335 e. The highest BCUT2D eigenvalue weighted by Gasteiger charge is 2.14. The molecule has 2 aromatic rings. The van der Waals surface area contributed by atoms with Crippen LogP contribution in [-0.4, -0.2) is 23.6 Å². The number of hydrogen-bond acceptors (Lipinski definition) is 4. The predicted octanol–water partition coefficient (Wildman–Crippen LogP) is 2.76. The number of hydrogen-bond donors (Lipinski definition) is 2. The van der Waals surface area contributed by atoms with Gasteiger partial charge in [-0.25, -0.2) is 4.79 Å². The fourth-order valence-electron chi connectivity index (χ4n) is 1.93. The van der Waals surface area contributed by atoms with Gasteiger partial charge in [0, 0.05) is 10.7 Å². The average Bonchev–Trinajstić information content (AvgIpc) is 2.50. The van der Waals surface area contributed by atoms with E-state index in [0.717, 1.165) is 12.1 Å². The molecule has 0 aliphatic rings. The molecule has 2 aromatic carbocycles. The zero-order chi connectivity index (χ0) is 17.0. The van der Waals surface area contributed by atoms with Crippen LogP contribution in [0.3, 0.4) is 0 Å². The maximum atomic E-state index is 12.4. The third kappa shape index (κ3) is 3.92. The lowest BCUT2D eigenvalue weighted by Crippen LogP contribution is -2.14. The van der Waals surface area contributed by atoms with Gasteiger partial charge in [0.15, 0.2) is 0 Å². The van der Waals surface area contributed by atoms with Crippen molar-refractivity contribution in [2.45, 2.75) is 6.92 Å². The van der Waals surface area contributed by atoms with E-state index in [1.807, 2.05) is 0 Å². The normalized spacial score (nSPS) is 10.2. The Labute approximate surface area is 137 Å². The van der Waals surface area contributed by atoms with Crippen LogP contribution >= 0.6 is 11.6 Å². The van der Waals surface area contributed by atoms with Crippen molar-refractivity contribution in [3.05, 3.63) is 52.5 Å². The van der Waals surface area contributed by atoms with Gasteiger partial charge in [-0.1, -0.05) is 23.4 Å². The smallest absolute Gasteiger partial charge is 0.335 e. The van der Waals surface area contributed by atoms with E-state index in [1.54, 1.807) is 19.1 Å². The Morgan fingerprint density at radius 3 is 2.61 bits per heavy atom. The first-order valence-corrected chi connectivity index (χ1v) is 7.08. The van der Waals surface area contributed by atoms with Crippen LogP contribution in [0.1, 0.15) is 27.6 Å². The Balaban J connectivity index is 2.31. The molecule has 0 aromatic heterocycles. The molecule has 1 amide bonds. The van der Waals surface area contributed by atoms with E-state index >= 15 is 0 Å². The van der Waals surface area contributed by atoms with E-state index in [-0.39, 0.29) is 11.3 Å². The molecule has 120 valence electrons. The molecule has 0 saturated carbocycles. The van der Waals surface area contributed by atoms with E-state index in [9.17, 15) is 14.7 Å². The van der Waals surface area contributed by atoms with Crippen molar-refractivity contribution < 1.29 is 24.5 Å². The first kappa shape index (κ1) is 16.6. The number of anilines is 1. The number of rotatable bonds is 5. The molecule has 0 spiro atoms. The van der Waals surface area contributed by atoms with Gasteiger partial charge >= 0.3 is 5.97 Å². The minimum atomic E-state index is -1.36. The number of benzene rings is 2. The summed E-state index contributed by atoms with van der Waals surface area (Å²) in [6, 6.07) is 8.13. The first-order valence-electron chi connectivity index (χ1n) is 6.70. The molecule has 0 unspecified atom stereocenters. The Morgan fingerprint density at radius 1 is 1.22 bits per heavy atom. The Bertz CT molecular complexity index is 760. The average molecular weight is 335 g/mol. The minimum Gasteiger partial charge on any atom is -0.872 e. The molecule has 0 aliphatic carbocycles. The lowest BCUT2D eigenvalue weighted by Gasteiger charge is -2.14. The van der Waals surface area contributed by atoms with Gasteiger partial charge in [0.25, 0.3) is 5.91 Å². The standard InChI is InChI=1S/C16H14ClNO5/c1-2-23-14-6-3-9(17)7-12(14)15(20)18-10-4-5-13(19)11(8-10)16(21)22/h3-8,19H,2H2,1H3,(H,18,20)(H,21,22)/p-1. The number of carbonyl (C=O) groups is 2. The van der Waals surface area contributed by atoms with Crippen LogP contribution in [0.2, 0.25) is 5.02 Å². The van der Waals surface area contributed by atoms with Gasteiger partial charge in [0.1, 0.15) is 5.75 Å². The van der Waals surface area contributed by atoms with Crippen molar-refractivity contribution in [2.75, 3.05) is 11.9 Å². The minimum absolute atomic E-state index is 0.189. The molecular formula is C16H13ClNO5-. The number of carboxylic acids is 1. The summed E-state index contributed by atoms with van der Waals surface area (Å²) in [7, 11) is 0. The molecule has 2 rings (SSSR count). The van der Waals surface area contributed by atoms with E-state index in [4.69, 9.17) is 21.4 Å². The fraction of sp³-hybridized carbons (Fsp3) is 0.125. The topological polar surface area (TPSA) is 98.7 Å². The summed E-state index contributed by atoms with van der Waals surface area (Å²) in [4.78, 5) is 23.3. The Morgan fingerprint density at radius 2 is 1.96 bits per heavy atom. The quantitative estimate of drug-likeness (QED) is 0.876.